The third kappa shape index (κ3) is 6.86. The summed E-state index contributed by atoms with van der Waals surface area (Å²) in [5.41, 5.74) is 0. The van der Waals surface area contributed by atoms with Crippen molar-refractivity contribution in [2.24, 2.45) is 0 Å². The Morgan fingerprint density at radius 1 is 1.13 bits per heavy atom. The van der Waals surface area contributed by atoms with Gasteiger partial charge in [-0.15, -0.1) is 0 Å². The molecule has 0 atom stereocenters. The first-order valence-corrected chi connectivity index (χ1v) is 5.24. The van der Waals surface area contributed by atoms with Crippen molar-refractivity contribution in [1.82, 2.24) is 6.15 Å². The highest BCUT2D eigenvalue weighted by atomic mass is 32.3. The van der Waals surface area contributed by atoms with Gasteiger partial charge in [-0.1, -0.05) is 18.2 Å². The largest absolute Gasteiger partial charge is 0.491 e. The Hall–Kier alpha value is -1.15. The zero-order chi connectivity index (χ0) is 10.4. The number of hydrogen-bond donors (Lipinski definition) is 2. The van der Waals surface area contributed by atoms with Gasteiger partial charge in [0.15, 0.2) is 0 Å². The molecule has 0 unspecified atom stereocenters. The van der Waals surface area contributed by atoms with Gasteiger partial charge < -0.3 is 10.9 Å². The van der Waals surface area contributed by atoms with Crippen molar-refractivity contribution in [3.05, 3.63) is 30.3 Å². The van der Waals surface area contributed by atoms with Crippen LogP contribution in [0, 0.1) is 0 Å². The zero-order valence-electron chi connectivity index (χ0n) is 8.00. The number of para-hydroxylation sites is 1. The standard InChI is InChI=1S/C8H10O5S.H3N/c9-14(10,11)13-7-6-12-8-4-2-1-3-5-8;/h1-5H,6-7H2,(H,9,10,11);1H3. The van der Waals surface area contributed by atoms with E-state index in [0.29, 0.717) is 5.75 Å². The maximum atomic E-state index is 10.1. The summed E-state index contributed by atoms with van der Waals surface area (Å²) in [4.78, 5) is 0. The minimum absolute atomic E-state index is 0. The molecule has 0 spiro atoms. The summed E-state index contributed by atoms with van der Waals surface area (Å²) < 4.78 is 37.6. The third-order valence-electron chi connectivity index (χ3n) is 1.33. The molecule has 0 radical (unpaired) electrons. The van der Waals surface area contributed by atoms with E-state index in [0.717, 1.165) is 0 Å². The molecule has 0 aliphatic carbocycles. The predicted octanol–water partition coefficient (Wildman–Crippen LogP) is 1.05. The van der Waals surface area contributed by atoms with E-state index in [9.17, 15) is 8.42 Å². The van der Waals surface area contributed by atoms with Crippen molar-refractivity contribution < 1.29 is 21.9 Å². The lowest BCUT2D eigenvalue weighted by molar-refractivity contribution is 0.202. The fourth-order valence-corrected chi connectivity index (χ4v) is 1.09. The summed E-state index contributed by atoms with van der Waals surface area (Å²) in [7, 11) is -4.36. The molecule has 15 heavy (non-hydrogen) atoms. The van der Waals surface area contributed by atoms with Gasteiger partial charge in [-0.2, -0.15) is 8.42 Å². The van der Waals surface area contributed by atoms with Gasteiger partial charge in [0.25, 0.3) is 0 Å². The molecule has 86 valence electrons. The van der Waals surface area contributed by atoms with Crippen LogP contribution < -0.4 is 10.9 Å². The summed E-state index contributed by atoms with van der Waals surface area (Å²) in [5, 5.41) is 0. The molecule has 0 saturated carbocycles. The van der Waals surface area contributed by atoms with Crippen LogP contribution in [0.15, 0.2) is 30.3 Å². The molecule has 7 heteroatoms. The second kappa shape index (κ2) is 6.36. The highest BCUT2D eigenvalue weighted by Crippen LogP contribution is 2.07. The molecule has 0 heterocycles. The van der Waals surface area contributed by atoms with Crippen LogP contribution >= 0.6 is 0 Å². The van der Waals surface area contributed by atoms with Gasteiger partial charge in [0.2, 0.25) is 0 Å². The lowest BCUT2D eigenvalue weighted by atomic mass is 10.3. The normalized spacial score (nSPS) is 10.5. The highest BCUT2D eigenvalue weighted by Gasteiger charge is 2.03. The molecule has 0 fully saturated rings. The molecule has 0 aliphatic heterocycles. The monoisotopic (exact) mass is 235 g/mol. The van der Waals surface area contributed by atoms with E-state index >= 15 is 0 Å². The molecule has 0 amide bonds. The second-order valence-corrected chi connectivity index (χ2v) is 3.50. The van der Waals surface area contributed by atoms with Gasteiger partial charge in [0, 0.05) is 0 Å². The fourth-order valence-electron chi connectivity index (χ4n) is 0.816. The third-order valence-corrected chi connectivity index (χ3v) is 1.79. The van der Waals surface area contributed by atoms with Gasteiger partial charge in [-0.3, -0.25) is 4.55 Å². The lowest BCUT2D eigenvalue weighted by Gasteiger charge is -2.04. The number of ether oxygens (including phenoxy) is 1. The summed E-state index contributed by atoms with van der Waals surface area (Å²) in [6.07, 6.45) is 0. The minimum Gasteiger partial charge on any atom is -0.491 e. The van der Waals surface area contributed by atoms with Crippen molar-refractivity contribution in [2.45, 2.75) is 0 Å². The van der Waals surface area contributed by atoms with Crippen molar-refractivity contribution in [3.63, 3.8) is 0 Å². The Bertz CT molecular complexity index is 364. The first-order chi connectivity index (χ1) is 6.58. The molecule has 1 aromatic rings. The minimum atomic E-state index is -4.36. The van der Waals surface area contributed by atoms with Crippen molar-refractivity contribution in [3.8, 4) is 5.75 Å². The van der Waals surface area contributed by atoms with E-state index in [4.69, 9.17) is 9.29 Å². The SMILES string of the molecule is N.O=S(=O)(O)OCCOc1ccccc1. The van der Waals surface area contributed by atoms with Crippen molar-refractivity contribution in [2.75, 3.05) is 13.2 Å². The molecule has 0 aliphatic rings. The topological polar surface area (TPSA) is 108 Å². The second-order valence-electron chi connectivity index (χ2n) is 2.41. The zero-order valence-corrected chi connectivity index (χ0v) is 8.81. The van der Waals surface area contributed by atoms with Crippen LogP contribution in [-0.4, -0.2) is 26.2 Å². The Morgan fingerprint density at radius 3 is 2.27 bits per heavy atom. The summed E-state index contributed by atoms with van der Waals surface area (Å²) in [5.74, 6) is 0.617. The summed E-state index contributed by atoms with van der Waals surface area (Å²) in [6.45, 7) is -0.155. The molecule has 0 bridgehead atoms. The molecule has 0 aromatic heterocycles. The van der Waals surface area contributed by atoms with E-state index in [-0.39, 0.29) is 19.4 Å². The molecular formula is C8H13NO5S. The van der Waals surface area contributed by atoms with E-state index < -0.39 is 10.4 Å². The molecule has 6 nitrogen and oxygen atoms in total. The van der Waals surface area contributed by atoms with Crippen LogP contribution in [0.25, 0.3) is 0 Å². The van der Waals surface area contributed by atoms with Crippen molar-refractivity contribution >= 4 is 10.4 Å². The summed E-state index contributed by atoms with van der Waals surface area (Å²) in [6, 6.07) is 8.88. The van der Waals surface area contributed by atoms with E-state index in [1.165, 1.54) is 0 Å². The quantitative estimate of drug-likeness (QED) is 0.583. The van der Waals surface area contributed by atoms with Crippen molar-refractivity contribution in [1.29, 1.82) is 0 Å². The molecular weight excluding hydrogens is 222 g/mol. The lowest BCUT2D eigenvalue weighted by Crippen LogP contribution is -2.11. The first-order valence-electron chi connectivity index (χ1n) is 3.87. The van der Waals surface area contributed by atoms with E-state index in [1.807, 2.05) is 6.07 Å². The van der Waals surface area contributed by atoms with Gasteiger partial charge in [-0.25, -0.2) is 4.18 Å². The predicted molar refractivity (Wildman–Crippen MR) is 54.5 cm³/mol. The smallest absolute Gasteiger partial charge is 0.397 e. The molecule has 1 rings (SSSR count). The molecule has 4 N–H and O–H groups in total. The average molecular weight is 235 g/mol. The van der Waals surface area contributed by atoms with Gasteiger partial charge >= 0.3 is 10.4 Å². The van der Waals surface area contributed by atoms with Gasteiger partial charge in [0.05, 0.1) is 0 Å². The van der Waals surface area contributed by atoms with E-state index in [2.05, 4.69) is 4.18 Å². The van der Waals surface area contributed by atoms with Gasteiger partial charge in [0.1, 0.15) is 19.0 Å². The fraction of sp³-hybridized carbons (Fsp3) is 0.250. The van der Waals surface area contributed by atoms with Crippen LogP contribution in [-0.2, 0) is 14.6 Å². The van der Waals surface area contributed by atoms with Crippen LogP contribution in [0.3, 0.4) is 0 Å². The van der Waals surface area contributed by atoms with Gasteiger partial charge in [-0.05, 0) is 12.1 Å². The van der Waals surface area contributed by atoms with Crippen LogP contribution in [0.2, 0.25) is 0 Å². The Morgan fingerprint density at radius 2 is 1.73 bits per heavy atom. The molecule has 1 aromatic carbocycles. The van der Waals surface area contributed by atoms with E-state index in [1.54, 1.807) is 24.3 Å². The van der Waals surface area contributed by atoms with Crippen LogP contribution in [0.4, 0.5) is 0 Å². The maximum absolute atomic E-state index is 10.1. The first kappa shape index (κ1) is 13.8. The molecule has 0 saturated heterocycles. The number of hydrogen-bond acceptors (Lipinski definition) is 5. The Kier molecular flexibility index (Phi) is 5.87. The maximum Gasteiger partial charge on any atom is 0.397 e. The van der Waals surface area contributed by atoms with Crippen LogP contribution in [0.5, 0.6) is 5.75 Å². The Labute approximate surface area is 88.4 Å². The highest BCUT2D eigenvalue weighted by molar-refractivity contribution is 7.80. The summed E-state index contributed by atoms with van der Waals surface area (Å²) >= 11 is 0. The Balaban J connectivity index is 0.00000196. The number of rotatable bonds is 5. The number of benzene rings is 1. The average Bonchev–Trinajstić information content (AvgIpc) is 2.13. The van der Waals surface area contributed by atoms with Crippen LogP contribution in [0.1, 0.15) is 0 Å².